The highest BCUT2D eigenvalue weighted by molar-refractivity contribution is 5.96. The van der Waals surface area contributed by atoms with Gasteiger partial charge in [0.15, 0.2) is 0 Å². The summed E-state index contributed by atoms with van der Waals surface area (Å²) in [6.07, 6.45) is 1.38. The number of aromatic amines is 1. The highest BCUT2D eigenvalue weighted by Crippen LogP contribution is 2.08. The first-order valence-corrected chi connectivity index (χ1v) is 16.0. The second kappa shape index (κ2) is 20.6. The van der Waals surface area contributed by atoms with Crippen molar-refractivity contribution in [2.75, 3.05) is 6.54 Å². The van der Waals surface area contributed by atoms with Crippen LogP contribution in [0.1, 0.15) is 50.8 Å². The Labute approximate surface area is 293 Å². The number of nitrogens with one attached hydrogen (secondary N) is 6. The van der Waals surface area contributed by atoms with E-state index in [0.717, 1.165) is 0 Å². The average Bonchev–Trinajstić information content (AvgIpc) is 3.58. The SMILES string of the molecule is CC(C)C[C@H](NC(=O)[C@@H](N)CCC(=O)O)C(=O)NCC(=O)N[C@@H](Cc1cnc[nH]1)C(=O)N[C@@H](CC(N)=O)C(=O)N[C@@H](Cc1ccccc1)C(=O)O. The molecule has 0 saturated heterocycles. The van der Waals surface area contributed by atoms with E-state index < -0.39 is 90.6 Å². The maximum absolute atomic E-state index is 13.5. The number of primary amides is 1. The number of hydrogen-bond acceptors (Lipinski definition) is 10. The van der Waals surface area contributed by atoms with Crippen LogP contribution in [0.15, 0.2) is 42.9 Å². The van der Waals surface area contributed by atoms with E-state index in [1.807, 2.05) is 0 Å². The standard InChI is InChI=1S/C32H45N9O10/c1-17(2)10-21(39-28(46)20(33)8-9-27(44)45)29(47)36-15-26(43)38-22(12-19-14-35-16-37-19)30(48)40-23(13-25(34)42)31(49)41-24(32(50)51)11-18-6-4-3-5-7-18/h3-7,14,16-17,20-24H,8-13,15,33H2,1-2H3,(H2,34,42)(H,35,37)(H,36,47)(H,38,43)(H,39,46)(H,40,48)(H,41,49)(H,44,45)(H,50,51)/t20-,21-,22-,23-,24-/m0/s1. The number of carbonyl (C=O) groups is 8. The summed E-state index contributed by atoms with van der Waals surface area (Å²) < 4.78 is 0. The first-order valence-electron chi connectivity index (χ1n) is 16.0. The van der Waals surface area contributed by atoms with Crippen LogP contribution in [0.5, 0.6) is 0 Å². The van der Waals surface area contributed by atoms with Crippen LogP contribution in [-0.2, 0) is 51.2 Å². The van der Waals surface area contributed by atoms with Gasteiger partial charge in [-0.1, -0.05) is 44.2 Å². The monoisotopic (exact) mass is 715 g/mol. The molecule has 19 heteroatoms. The minimum Gasteiger partial charge on any atom is -0.481 e. The quantitative estimate of drug-likeness (QED) is 0.0602. The highest BCUT2D eigenvalue weighted by Gasteiger charge is 2.32. The molecule has 2 rings (SSSR count). The van der Waals surface area contributed by atoms with E-state index in [0.29, 0.717) is 11.3 Å². The van der Waals surface area contributed by atoms with Gasteiger partial charge < -0.3 is 53.2 Å². The van der Waals surface area contributed by atoms with Crippen LogP contribution in [0, 0.1) is 5.92 Å². The average molecular weight is 716 g/mol. The molecule has 1 aromatic heterocycles. The van der Waals surface area contributed by atoms with Gasteiger partial charge >= 0.3 is 11.9 Å². The van der Waals surface area contributed by atoms with Gasteiger partial charge in [0.25, 0.3) is 0 Å². The zero-order valence-electron chi connectivity index (χ0n) is 28.2. The van der Waals surface area contributed by atoms with Crippen LogP contribution in [0.3, 0.4) is 0 Å². The van der Waals surface area contributed by atoms with Gasteiger partial charge in [-0.2, -0.15) is 0 Å². The summed E-state index contributed by atoms with van der Waals surface area (Å²) in [5.41, 5.74) is 12.1. The van der Waals surface area contributed by atoms with Gasteiger partial charge in [0.2, 0.25) is 35.4 Å². The number of hydrogen-bond donors (Lipinski definition) is 10. The van der Waals surface area contributed by atoms with E-state index in [2.05, 4.69) is 36.6 Å². The number of amides is 6. The van der Waals surface area contributed by atoms with Crippen LogP contribution >= 0.6 is 0 Å². The number of aliphatic carboxylic acids is 2. The minimum absolute atomic E-state index is 0.0812. The van der Waals surface area contributed by atoms with Gasteiger partial charge in [0.1, 0.15) is 24.2 Å². The Balaban J connectivity index is 2.14. The smallest absolute Gasteiger partial charge is 0.326 e. The predicted octanol–water partition coefficient (Wildman–Crippen LogP) is -2.55. The van der Waals surface area contributed by atoms with E-state index in [9.17, 15) is 43.5 Å². The van der Waals surface area contributed by atoms with Crippen molar-refractivity contribution in [1.29, 1.82) is 0 Å². The Morgan fingerprint density at radius 3 is 2.00 bits per heavy atom. The van der Waals surface area contributed by atoms with E-state index in [1.165, 1.54) is 12.5 Å². The predicted molar refractivity (Wildman–Crippen MR) is 179 cm³/mol. The fourth-order valence-electron chi connectivity index (χ4n) is 4.76. The molecule has 0 bridgehead atoms. The van der Waals surface area contributed by atoms with Gasteiger partial charge in [-0.15, -0.1) is 0 Å². The minimum atomic E-state index is -1.62. The summed E-state index contributed by atoms with van der Waals surface area (Å²) in [7, 11) is 0. The van der Waals surface area contributed by atoms with Crippen molar-refractivity contribution >= 4 is 47.4 Å². The van der Waals surface area contributed by atoms with Crippen LogP contribution in [0.25, 0.3) is 0 Å². The van der Waals surface area contributed by atoms with Crippen LogP contribution in [0.4, 0.5) is 0 Å². The van der Waals surface area contributed by atoms with Crippen molar-refractivity contribution in [2.45, 2.75) is 82.6 Å². The van der Waals surface area contributed by atoms with Crippen molar-refractivity contribution in [1.82, 2.24) is 36.6 Å². The lowest BCUT2D eigenvalue weighted by molar-refractivity contribution is -0.142. The van der Waals surface area contributed by atoms with Crippen molar-refractivity contribution in [3.63, 3.8) is 0 Å². The second-order valence-corrected chi connectivity index (χ2v) is 12.2. The first kappa shape index (κ1) is 41.3. The lowest BCUT2D eigenvalue weighted by Crippen LogP contribution is -2.58. The van der Waals surface area contributed by atoms with E-state index in [1.54, 1.807) is 44.2 Å². The number of nitrogens with zero attached hydrogens (tertiary/aromatic N) is 1. The molecule has 19 nitrogen and oxygen atoms in total. The van der Waals surface area contributed by atoms with E-state index in [4.69, 9.17) is 16.6 Å². The molecule has 2 aromatic rings. The summed E-state index contributed by atoms with van der Waals surface area (Å²) in [4.78, 5) is 106. The van der Waals surface area contributed by atoms with Crippen LogP contribution < -0.4 is 38.1 Å². The lowest BCUT2D eigenvalue weighted by atomic mass is 10.0. The fourth-order valence-corrected chi connectivity index (χ4v) is 4.76. The molecule has 0 aliphatic rings. The summed E-state index contributed by atoms with van der Waals surface area (Å²) >= 11 is 0. The zero-order chi connectivity index (χ0) is 38.1. The Bertz CT molecular complexity index is 1520. The van der Waals surface area contributed by atoms with Crippen LogP contribution in [-0.4, -0.2) is 104 Å². The summed E-state index contributed by atoms with van der Waals surface area (Å²) in [5.74, 6) is -7.85. The normalized spacial score (nSPS) is 13.8. The van der Waals surface area contributed by atoms with Gasteiger partial charge in [-0.05, 0) is 24.3 Å². The number of H-pyrrole nitrogens is 1. The third-order valence-corrected chi connectivity index (χ3v) is 7.34. The number of carbonyl (C=O) groups excluding carboxylic acids is 6. The third-order valence-electron chi connectivity index (χ3n) is 7.34. The molecule has 6 amide bonds. The summed E-state index contributed by atoms with van der Waals surface area (Å²) in [5, 5.41) is 30.5. The molecule has 0 saturated carbocycles. The van der Waals surface area contributed by atoms with E-state index in [-0.39, 0.29) is 38.0 Å². The Morgan fingerprint density at radius 1 is 0.804 bits per heavy atom. The maximum atomic E-state index is 13.5. The molecule has 0 fully saturated rings. The van der Waals surface area contributed by atoms with Gasteiger partial charge in [-0.25, -0.2) is 9.78 Å². The molecule has 0 aliphatic carbocycles. The molecule has 0 aliphatic heterocycles. The number of aromatic nitrogens is 2. The molecule has 12 N–H and O–H groups in total. The summed E-state index contributed by atoms with van der Waals surface area (Å²) in [6.45, 7) is 2.93. The van der Waals surface area contributed by atoms with Gasteiger partial charge in [-0.3, -0.25) is 33.6 Å². The zero-order valence-corrected chi connectivity index (χ0v) is 28.2. The number of rotatable bonds is 22. The number of carboxylic acids is 2. The molecule has 0 radical (unpaired) electrons. The molecular formula is C32H45N9O10. The van der Waals surface area contributed by atoms with Crippen molar-refractivity contribution in [3.8, 4) is 0 Å². The van der Waals surface area contributed by atoms with Crippen LogP contribution in [0.2, 0.25) is 0 Å². The first-order chi connectivity index (χ1) is 24.0. The molecule has 0 spiro atoms. The Kier molecular flexibility index (Phi) is 16.7. The molecular weight excluding hydrogens is 670 g/mol. The molecule has 0 unspecified atom stereocenters. The van der Waals surface area contributed by atoms with Gasteiger partial charge in [0.05, 0.1) is 25.3 Å². The summed E-state index contributed by atoms with van der Waals surface area (Å²) in [6, 6.07) is 1.72. The topological polar surface area (TPSA) is 318 Å². The second-order valence-electron chi connectivity index (χ2n) is 12.2. The Morgan fingerprint density at radius 2 is 1.43 bits per heavy atom. The van der Waals surface area contributed by atoms with Crippen molar-refractivity contribution in [2.24, 2.45) is 17.4 Å². The van der Waals surface area contributed by atoms with E-state index >= 15 is 0 Å². The van der Waals surface area contributed by atoms with Gasteiger partial charge in [0, 0.05) is 31.2 Å². The lowest BCUT2D eigenvalue weighted by Gasteiger charge is -2.24. The number of benzene rings is 1. The molecule has 51 heavy (non-hydrogen) atoms. The Hall–Kier alpha value is -5.85. The third kappa shape index (κ3) is 15.5. The number of nitrogens with two attached hydrogens (primary N) is 2. The number of imidazole rings is 1. The molecule has 1 aromatic carbocycles. The van der Waals surface area contributed by atoms with Crippen molar-refractivity contribution < 1.29 is 48.6 Å². The molecule has 1 heterocycles. The van der Waals surface area contributed by atoms with Crippen molar-refractivity contribution in [3.05, 3.63) is 54.1 Å². The largest absolute Gasteiger partial charge is 0.481 e. The number of carboxylic acid groups (broad SMARTS) is 2. The fraction of sp³-hybridized carbons (Fsp3) is 0.469. The molecule has 278 valence electrons. The highest BCUT2D eigenvalue weighted by atomic mass is 16.4. The maximum Gasteiger partial charge on any atom is 0.326 e. The molecule has 5 atom stereocenters.